The van der Waals surface area contributed by atoms with Crippen LogP contribution in [0, 0.1) is 0 Å². The smallest absolute Gasteiger partial charge is 0.340 e. The second-order valence-electron chi connectivity index (χ2n) is 7.30. The Balaban J connectivity index is 1.57. The van der Waals surface area contributed by atoms with E-state index in [0.29, 0.717) is 11.3 Å². The van der Waals surface area contributed by atoms with Crippen LogP contribution in [0.1, 0.15) is 17.3 Å². The van der Waals surface area contributed by atoms with Crippen LogP contribution in [0.15, 0.2) is 83.8 Å². The second-order valence-corrected chi connectivity index (χ2v) is 8.86. The van der Waals surface area contributed by atoms with Crippen molar-refractivity contribution in [2.24, 2.45) is 5.14 Å². The molecule has 0 fully saturated rings. The van der Waals surface area contributed by atoms with Crippen molar-refractivity contribution in [1.82, 2.24) is 0 Å². The normalized spacial score (nSPS) is 12.4. The van der Waals surface area contributed by atoms with E-state index in [9.17, 15) is 18.0 Å². The van der Waals surface area contributed by atoms with Crippen LogP contribution in [0.4, 0.5) is 5.69 Å². The van der Waals surface area contributed by atoms with Gasteiger partial charge in [-0.2, -0.15) is 0 Å². The van der Waals surface area contributed by atoms with Crippen molar-refractivity contribution in [3.05, 3.63) is 84.4 Å². The molecule has 1 unspecified atom stereocenters. The van der Waals surface area contributed by atoms with Gasteiger partial charge >= 0.3 is 5.97 Å². The van der Waals surface area contributed by atoms with Crippen LogP contribution in [-0.2, 0) is 19.6 Å². The molecule has 0 saturated heterocycles. The zero-order valence-electron chi connectivity index (χ0n) is 17.1. The number of esters is 1. The van der Waals surface area contributed by atoms with Gasteiger partial charge in [0.2, 0.25) is 10.0 Å². The Kier molecular flexibility index (Phi) is 5.65. The third-order valence-electron chi connectivity index (χ3n) is 5.08. The Bertz CT molecular complexity index is 1390. The first-order valence-corrected chi connectivity index (χ1v) is 11.3. The van der Waals surface area contributed by atoms with Gasteiger partial charge in [0.1, 0.15) is 0 Å². The number of nitrogens with two attached hydrogens (primary N) is 1. The molecule has 7 nitrogen and oxygen atoms in total. The number of fused-ring (bicyclic) bond motifs is 2. The van der Waals surface area contributed by atoms with Crippen LogP contribution in [-0.4, -0.2) is 26.4 Å². The molecule has 1 amide bonds. The van der Waals surface area contributed by atoms with Crippen LogP contribution in [0.2, 0.25) is 0 Å². The number of primary sulfonamides is 1. The Hall–Kier alpha value is -3.75. The van der Waals surface area contributed by atoms with Crippen molar-refractivity contribution in [1.29, 1.82) is 0 Å². The lowest BCUT2D eigenvalue weighted by atomic mass is 9.97. The highest BCUT2D eigenvalue weighted by atomic mass is 32.2. The zero-order chi connectivity index (χ0) is 22.9. The molecule has 0 aromatic heterocycles. The molecule has 3 N–H and O–H groups in total. The molecule has 0 bridgehead atoms. The number of anilines is 1. The van der Waals surface area contributed by atoms with Crippen LogP contribution >= 0.6 is 0 Å². The van der Waals surface area contributed by atoms with Gasteiger partial charge in [-0.15, -0.1) is 0 Å². The van der Waals surface area contributed by atoms with E-state index in [4.69, 9.17) is 9.88 Å². The van der Waals surface area contributed by atoms with E-state index in [1.807, 2.05) is 54.6 Å². The van der Waals surface area contributed by atoms with E-state index in [2.05, 4.69) is 5.32 Å². The molecule has 0 heterocycles. The molecule has 0 aliphatic carbocycles. The minimum absolute atomic E-state index is 0.0715. The van der Waals surface area contributed by atoms with Crippen LogP contribution in [0.25, 0.3) is 21.5 Å². The first kappa shape index (κ1) is 21.5. The maximum atomic E-state index is 13.1. The standard InChI is InChI=1S/C24H20N2O5S/c1-15(23(27)26-18-10-12-19(13-11-18)32(25,29)30)31-24(28)22-20-8-4-2-6-16(20)14-17-7-3-5-9-21(17)22/h2-15H,1H3,(H,26,27)(H2,25,29,30). The number of sulfonamides is 1. The number of benzene rings is 4. The van der Waals surface area contributed by atoms with Gasteiger partial charge in [0.05, 0.1) is 10.5 Å². The molecular weight excluding hydrogens is 428 g/mol. The lowest BCUT2D eigenvalue weighted by Crippen LogP contribution is -2.30. The molecule has 0 radical (unpaired) electrons. The third kappa shape index (κ3) is 4.32. The van der Waals surface area contributed by atoms with E-state index >= 15 is 0 Å². The van der Waals surface area contributed by atoms with Crippen LogP contribution in [0.5, 0.6) is 0 Å². The van der Waals surface area contributed by atoms with Gasteiger partial charge in [-0.1, -0.05) is 48.5 Å². The quantitative estimate of drug-likeness (QED) is 0.356. The monoisotopic (exact) mass is 448 g/mol. The number of amides is 1. The van der Waals surface area contributed by atoms with Gasteiger partial charge < -0.3 is 10.1 Å². The summed E-state index contributed by atoms with van der Waals surface area (Å²) in [4.78, 5) is 25.6. The summed E-state index contributed by atoms with van der Waals surface area (Å²) >= 11 is 0. The number of hydrogen-bond acceptors (Lipinski definition) is 5. The first-order chi connectivity index (χ1) is 15.2. The van der Waals surface area contributed by atoms with E-state index in [0.717, 1.165) is 21.5 Å². The zero-order valence-corrected chi connectivity index (χ0v) is 17.9. The molecule has 162 valence electrons. The Morgan fingerprint density at radius 3 is 1.94 bits per heavy atom. The number of ether oxygens (including phenoxy) is 1. The summed E-state index contributed by atoms with van der Waals surface area (Å²) in [7, 11) is -3.83. The van der Waals surface area contributed by atoms with Gasteiger partial charge in [0.25, 0.3) is 5.91 Å². The summed E-state index contributed by atoms with van der Waals surface area (Å²) < 4.78 is 28.2. The predicted molar refractivity (Wildman–Crippen MR) is 123 cm³/mol. The lowest BCUT2D eigenvalue weighted by Gasteiger charge is -2.16. The van der Waals surface area contributed by atoms with Crippen molar-refractivity contribution in [3.8, 4) is 0 Å². The maximum Gasteiger partial charge on any atom is 0.340 e. The molecule has 0 spiro atoms. The summed E-state index contributed by atoms with van der Waals surface area (Å²) in [6.07, 6.45) is -1.09. The Labute approximate surface area is 184 Å². The van der Waals surface area contributed by atoms with E-state index in [1.165, 1.54) is 31.2 Å². The molecule has 4 aromatic carbocycles. The van der Waals surface area contributed by atoms with Crippen molar-refractivity contribution < 1.29 is 22.7 Å². The molecule has 0 aliphatic heterocycles. The largest absolute Gasteiger partial charge is 0.449 e. The van der Waals surface area contributed by atoms with E-state index in [1.54, 1.807) is 0 Å². The molecule has 32 heavy (non-hydrogen) atoms. The molecule has 4 rings (SSSR count). The summed E-state index contributed by atoms with van der Waals surface area (Å²) in [6, 6.07) is 22.4. The van der Waals surface area contributed by atoms with Gasteiger partial charge in [-0.3, -0.25) is 4.79 Å². The average molecular weight is 449 g/mol. The van der Waals surface area contributed by atoms with Crippen molar-refractivity contribution in [2.75, 3.05) is 5.32 Å². The topological polar surface area (TPSA) is 116 Å². The van der Waals surface area contributed by atoms with Crippen molar-refractivity contribution in [3.63, 3.8) is 0 Å². The summed E-state index contributed by atoms with van der Waals surface area (Å²) in [5, 5.41) is 10.9. The van der Waals surface area contributed by atoms with E-state index < -0.39 is 28.0 Å². The highest BCUT2D eigenvalue weighted by molar-refractivity contribution is 7.89. The molecule has 1 atom stereocenters. The highest BCUT2D eigenvalue weighted by Crippen LogP contribution is 2.29. The number of nitrogens with one attached hydrogen (secondary N) is 1. The lowest BCUT2D eigenvalue weighted by molar-refractivity contribution is -0.123. The SMILES string of the molecule is CC(OC(=O)c1c2ccccc2cc2ccccc12)C(=O)Nc1ccc(S(N)(=O)=O)cc1. The van der Waals surface area contributed by atoms with Gasteiger partial charge in [0.15, 0.2) is 6.10 Å². The van der Waals surface area contributed by atoms with Crippen molar-refractivity contribution in [2.45, 2.75) is 17.9 Å². The maximum absolute atomic E-state index is 13.1. The third-order valence-corrected chi connectivity index (χ3v) is 6.01. The van der Waals surface area contributed by atoms with E-state index in [-0.39, 0.29) is 4.90 Å². The van der Waals surface area contributed by atoms with Crippen molar-refractivity contribution >= 4 is 49.1 Å². The fourth-order valence-electron chi connectivity index (χ4n) is 3.48. The fraction of sp³-hybridized carbons (Fsp3) is 0.0833. The molecule has 0 saturated carbocycles. The van der Waals surface area contributed by atoms with Gasteiger partial charge in [-0.25, -0.2) is 18.4 Å². The first-order valence-electron chi connectivity index (χ1n) is 9.79. The van der Waals surface area contributed by atoms with Crippen LogP contribution < -0.4 is 10.5 Å². The molecule has 0 aliphatic rings. The summed E-state index contributed by atoms with van der Waals surface area (Å²) in [5.74, 6) is -1.16. The Morgan fingerprint density at radius 1 is 0.875 bits per heavy atom. The molecular formula is C24H20N2O5S. The highest BCUT2D eigenvalue weighted by Gasteiger charge is 2.22. The second kappa shape index (κ2) is 8.41. The number of carbonyl (C=O) groups excluding carboxylic acids is 2. The predicted octanol–water partition coefficient (Wildman–Crippen LogP) is 3.82. The average Bonchev–Trinajstić information content (AvgIpc) is 2.77. The number of hydrogen-bond donors (Lipinski definition) is 2. The van der Waals surface area contributed by atoms with Crippen LogP contribution in [0.3, 0.4) is 0 Å². The Morgan fingerprint density at radius 2 is 1.41 bits per heavy atom. The summed E-state index contributed by atoms with van der Waals surface area (Å²) in [5.41, 5.74) is 0.747. The number of carbonyl (C=O) groups is 2. The number of rotatable bonds is 5. The molecule has 8 heteroatoms. The van der Waals surface area contributed by atoms with Gasteiger partial charge in [0, 0.05) is 5.69 Å². The minimum atomic E-state index is -3.83. The van der Waals surface area contributed by atoms with Gasteiger partial charge in [-0.05, 0) is 58.8 Å². The minimum Gasteiger partial charge on any atom is -0.449 e. The fourth-order valence-corrected chi connectivity index (χ4v) is 3.99. The molecule has 4 aromatic rings. The summed E-state index contributed by atoms with van der Waals surface area (Å²) in [6.45, 7) is 1.47.